The fraction of sp³-hybridized carbons (Fsp3) is 0.333. The summed E-state index contributed by atoms with van der Waals surface area (Å²) >= 11 is 0. The van der Waals surface area contributed by atoms with Crippen molar-refractivity contribution in [2.75, 3.05) is 0 Å². The molecule has 1 heterocycles. The van der Waals surface area contributed by atoms with Gasteiger partial charge < -0.3 is 0 Å². The molecule has 0 bridgehead atoms. The normalized spacial score (nSPS) is 19.7. The predicted molar refractivity (Wildman–Crippen MR) is 74.1 cm³/mol. The smallest absolute Gasteiger partial charge is 0.0772 e. The molecule has 1 aliphatic carbocycles. The van der Waals surface area contributed by atoms with E-state index in [1.165, 1.54) is 11.1 Å². The maximum atomic E-state index is 5.74. The molecule has 4 nitrogen and oxygen atoms in total. The number of aryl methyl sites for hydroxylation is 1. The molecule has 0 spiro atoms. The molecule has 2 atom stereocenters. The molecule has 1 aromatic carbocycles. The summed E-state index contributed by atoms with van der Waals surface area (Å²) in [6.07, 6.45) is 8.48. The van der Waals surface area contributed by atoms with Crippen LogP contribution in [-0.4, -0.2) is 9.97 Å². The highest BCUT2D eigenvalue weighted by molar-refractivity contribution is 5.30. The van der Waals surface area contributed by atoms with E-state index in [2.05, 4.69) is 39.7 Å². The molecular formula is C15H18N4. The maximum absolute atomic E-state index is 5.74. The Balaban J connectivity index is 1.83. The highest BCUT2D eigenvalue weighted by Gasteiger charge is 2.27. The van der Waals surface area contributed by atoms with Gasteiger partial charge in [0.25, 0.3) is 0 Å². The molecule has 0 amide bonds. The van der Waals surface area contributed by atoms with Gasteiger partial charge in [0.15, 0.2) is 0 Å². The highest BCUT2D eigenvalue weighted by Crippen LogP contribution is 2.32. The second-order valence-corrected chi connectivity index (χ2v) is 5.05. The molecule has 1 aliphatic rings. The van der Waals surface area contributed by atoms with Gasteiger partial charge in [-0.1, -0.05) is 24.3 Å². The third-order valence-electron chi connectivity index (χ3n) is 3.94. The predicted octanol–water partition coefficient (Wildman–Crippen LogP) is 1.79. The fourth-order valence-electron chi connectivity index (χ4n) is 2.94. The molecule has 0 fully saturated rings. The van der Waals surface area contributed by atoms with Crippen molar-refractivity contribution in [2.45, 2.75) is 25.3 Å². The average molecular weight is 254 g/mol. The van der Waals surface area contributed by atoms with Crippen LogP contribution in [-0.2, 0) is 12.8 Å². The second-order valence-electron chi connectivity index (χ2n) is 5.05. The number of benzene rings is 1. The number of fused-ring (bicyclic) bond motifs is 1. The van der Waals surface area contributed by atoms with Gasteiger partial charge in [-0.05, 0) is 36.3 Å². The van der Waals surface area contributed by atoms with Crippen LogP contribution in [0.2, 0.25) is 0 Å². The first-order valence-corrected chi connectivity index (χ1v) is 6.67. The zero-order valence-electron chi connectivity index (χ0n) is 10.8. The number of hydrogen-bond acceptors (Lipinski definition) is 4. The van der Waals surface area contributed by atoms with Gasteiger partial charge in [-0.25, -0.2) is 0 Å². The van der Waals surface area contributed by atoms with E-state index < -0.39 is 0 Å². The Morgan fingerprint density at radius 3 is 2.79 bits per heavy atom. The molecule has 4 heteroatoms. The Bertz CT molecular complexity index is 541. The molecule has 2 aromatic rings. The first-order chi connectivity index (χ1) is 9.38. The summed E-state index contributed by atoms with van der Waals surface area (Å²) < 4.78 is 0. The monoisotopic (exact) mass is 254 g/mol. The first kappa shape index (κ1) is 12.3. The topological polar surface area (TPSA) is 63.8 Å². The van der Waals surface area contributed by atoms with Crippen molar-refractivity contribution < 1.29 is 0 Å². The van der Waals surface area contributed by atoms with Gasteiger partial charge in [0.1, 0.15) is 0 Å². The van der Waals surface area contributed by atoms with Gasteiger partial charge in [0.2, 0.25) is 0 Å². The lowest BCUT2D eigenvalue weighted by molar-refractivity contribution is 0.323. The van der Waals surface area contributed by atoms with Crippen molar-refractivity contribution >= 4 is 0 Å². The van der Waals surface area contributed by atoms with E-state index in [1.54, 1.807) is 18.6 Å². The van der Waals surface area contributed by atoms with E-state index >= 15 is 0 Å². The van der Waals surface area contributed by atoms with Crippen molar-refractivity contribution in [3.8, 4) is 0 Å². The van der Waals surface area contributed by atoms with Crippen LogP contribution in [0.3, 0.4) is 0 Å². The lowest BCUT2D eigenvalue weighted by atomic mass is 9.79. The van der Waals surface area contributed by atoms with Gasteiger partial charge in [-0.2, -0.15) is 0 Å². The van der Waals surface area contributed by atoms with Crippen molar-refractivity contribution in [3.05, 3.63) is 59.7 Å². The molecule has 3 N–H and O–H groups in total. The number of aromatic nitrogens is 2. The van der Waals surface area contributed by atoms with E-state index in [9.17, 15) is 0 Å². The molecule has 2 unspecified atom stereocenters. The summed E-state index contributed by atoms with van der Waals surface area (Å²) in [5.41, 5.74) is 6.74. The minimum Gasteiger partial charge on any atom is -0.271 e. The van der Waals surface area contributed by atoms with Crippen molar-refractivity contribution in [2.24, 2.45) is 11.8 Å². The summed E-state index contributed by atoms with van der Waals surface area (Å²) in [6.45, 7) is 0. The van der Waals surface area contributed by atoms with Gasteiger partial charge in [0.05, 0.1) is 17.9 Å². The van der Waals surface area contributed by atoms with Crippen molar-refractivity contribution in [1.29, 1.82) is 0 Å². The number of hydrazine groups is 1. The molecule has 0 radical (unpaired) electrons. The van der Waals surface area contributed by atoms with Crippen LogP contribution in [0.1, 0.15) is 29.3 Å². The molecule has 1 aromatic heterocycles. The quantitative estimate of drug-likeness (QED) is 0.647. The number of nitrogens with zero attached hydrogens (tertiary/aromatic N) is 2. The summed E-state index contributed by atoms with van der Waals surface area (Å²) in [4.78, 5) is 8.51. The number of nitrogens with two attached hydrogens (primary N) is 1. The van der Waals surface area contributed by atoms with E-state index in [0.29, 0.717) is 5.92 Å². The Morgan fingerprint density at radius 1 is 1.21 bits per heavy atom. The first-order valence-electron chi connectivity index (χ1n) is 6.67. The number of rotatable bonds is 3. The van der Waals surface area contributed by atoms with Crippen LogP contribution < -0.4 is 11.3 Å². The lowest BCUT2D eigenvalue weighted by Crippen LogP contribution is -2.36. The molecule has 98 valence electrons. The largest absolute Gasteiger partial charge is 0.271 e. The van der Waals surface area contributed by atoms with Crippen LogP contribution in [0.5, 0.6) is 0 Å². The minimum atomic E-state index is 0.0713. The van der Waals surface area contributed by atoms with E-state index in [0.717, 1.165) is 25.0 Å². The number of hydrogen-bond donors (Lipinski definition) is 2. The standard InChI is InChI=1S/C15H18N4/c16-19-15(14-10-17-7-8-18-14)13-6-5-11-3-1-2-4-12(11)9-13/h1-4,7-8,10,13,15,19H,5-6,9,16H2. The Labute approximate surface area is 113 Å². The average Bonchev–Trinajstić information content (AvgIpc) is 2.49. The SMILES string of the molecule is NNC(c1cnccn1)C1CCc2ccccc2C1. The molecular weight excluding hydrogens is 236 g/mol. The van der Waals surface area contributed by atoms with E-state index in [-0.39, 0.29) is 6.04 Å². The van der Waals surface area contributed by atoms with Gasteiger partial charge >= 0.3 is 0 Å². The lowest BCUT2D eigenvalue weighted by Gasteiger charge is -2.30. The van der Waals surface area contributed by atoms with Gasteiger partial charge in [0, 0.05) is 12.4 Å². The third-order valence-corrected chi connectivity index (χ3v) is 3.94. The van der Waals surface area contributed by atoms with Gasteiger partial charge in [-0.3, -0.25) is 21.2 Å². The van der Waals surface area contributed by atoms with E-state index in [4.69, 9.17) is 5.84 Å². The molecule has 0 aliphatic heterocycles. The maximum Gasteiger partial charge on any atom is 0.0772 e. The van der Waals surface area contributed by atoms with Crippen molar-refractivity contribution in [3.63, 3.8) is 0 Å². The summed E-state index contributed by atoms with van der Waals surface area (Å²) in [7, 11) is 0. The summed E-state index contributed by atoms with van der Waals surface area (Å²) in [6, 6.07) is 8.72. The minimum absolute atomic E-state index is 0.0713. The Morgan fingerprint density at radius 2 is 2.05 bits per heavy atom. The Hall–Kier alpha value is -1.78. The van der Waals surface area contributed by atoms with Crippen LogP contribution in [0.4, 0.5) is 0 Å². The van der Waals surface area contributed by atoms with Crippen LogP contribution in [0.15, 0.2) is 42.9 Å². The molecule has 19 heavy (non-hydrogen) atoms. The summed E-state index contributed by atoms with van der Waals surface area (Å²) in [5, 5.41) is 0. The van der Waals surface area contributed by atoms with Gasteiger partial charge in [-0.15, -0.1) is 0 Å². The van der Waals surface area contributed by atoms with Crippen LogP contribution in [0, 0.1) is 5.92 Å². The van der Waals surface area contributed by atoms with Crippen LogP contribution in [0.25, 0.3) is 0 Å². The summed E-state index contributed by atoms with van der Waals surface area (Å²) in [5.74, 6) is 6.21. The van der Waals surface area contributed by atoms with Crippen LogP contribution >= 0.6 is 0 Å². The molecule has 3 rings (SSSR count). The number of nitrogens with one attached hydrogen (secondary N) is 1. The zero-order chi connectivity index (χ0) is 13.1. The fourth-order valence-corrected chi connectivity index (χ4v) is 2.94. The molecule has 0 saturated carbocycles. The Kier molecular flexibility index (Phi) is 3.53. The highest BCUT2D eigenvalue weighted by atomic mass is 15.2. The van der Waals surface area contributed by atoms with Crippen molar-refractivity contribution in [1.82, 2.24) is 15.4 Å². The second kappa shape index (κ2) is 5.47. The molecule has 0 saturated heterocycles. The third kappa shape index (κ3) is 2.50. The van der Waals surface area contributed by atoms with E-state index in [1.807, 2.05) is 0 Å². The zero-order valence-corrected chi connectivity index (χ0v) is 10.8.